The maximum Gasteiger partial charge on any atom is 0.259 e. The third-order valence-electron chi connectivity index (χ3n) is 6.36. The summed E-state index contributed by atoms with van der Waals surface area (Å²) < 4.78 is 61.3. The summed E-state index contributed by atoms with van der Waals surface area (Å²) in [6.07, 6.45) is 3.41. The lowest BCUT2D eigenvalue weighted by Gasteiger charge is -2.38. The molecule has 40 heavy (non-hydrogen) atoms. The number of rotatable bonds is 11. The number of benzene rings is 3. The van der Waals surface area contributed by atoms with Gasteiger partial charge in [0.05, 0.1) is 22.6 Å². The van der Waals surface area contributed by atoms with Gasteiger partial charge in [0.1, 0.15) is 11.8 Å². The molecule has 1 amide bonds. The monoisotopic (exact) mass is 584 g/mol. The lowest BCUT2D eigenvalue weighted by atomic mass is 10.2. The summed E-state index contributed by atoms with van der Waals surface area (Å²) in [5, 5.41) is 4.00. The Bertz CT molecular complexity index is 1510. The van der Waals surface area contributed by atoms with Crippen LogP contribution >= 0.6 is 0 Å². The zero-order chi connectivity index (χ0) is 28.6. The lowest BCUT2D eigenvalue weighted by Crippen LogP contribution is -2.60. The Hall–Kier alpha value is -3.58. The Morgan fingerprint density at radius 2 is 1.50 bits per heavy atom. The summed E-state index contributed by atoms with van der Waals surface area (Å²) in [5.41, 5.74) is 3.08. The van der Waals surface area contributed by atoms with E-state index >= 15 is 0 Å². The Labute approximate surface area is 235 Å². The van der Waals surface area contributed by atoms with Gasteiger partial charge in [-0.2, -0.15) is 13.7 Å². The van der Waals surface area contributed by atoms with E-state index in [1.54, 1.807) is 60.7 Å². The van der Waals surface area contributed by atoms with Crippen LogP contribution in [-0.2, 0) is 24.8 Å². The Kier molecular flexibility index (Phi) is 9.69. The first kappa shape index (κ1) is 29.4. The molecule has 1 atom stereocenters. The predicted octanol–water partition coefficient (Wildman–Crippen LogP) is 3.08. The van der Waals surface area contributed by atoms with Gasteiger partial charge in [0, 0.05) is 19.6 Å². The zero-order valence-electron chi connectivity index (χ0n) is 22.1. The van der Waals surface area contributed by atoms with Gasteiger partial charge in [-0.15, -0.1) is 0 Å². The molecule has 3 aromatic rings. The van der Waals surface area contributed by atoms with Crippen molar-refractivity contribution in [3.05, 3.63) is 90.5 Å². The second-order valence-electron chi connectivity index (χ2n) is 9.13. The molecule has 10 nitrogen and oxygen atoms in total. The average molecular weight is 585 g/mol. The van der Waals surface area contributed by atoms with Crippen molar-refractivity contribution in [1.29, 1.82) is 0 Å². The van der Waals surface area contributed by atoms with E-state index in [1.807, 2.05) is 0 Å². The number of hydrogen-bond donors (Lipinski definition) is 1. The quantitative estimate of drug-likeness (QED) is 0.210. The first-order valence-corrected chi connectivity index (χ1v) is 15.8. The number of ether oxygens (including phenoxy) is 1. The van der Waals surface area contributed by atoms with E-state index in [0.717, 1.165) is 27.2 Å². The second kappa shape index (κ2) is 13.2. The molecule has 0 aromatic heterocycles. The van der Waals surface area contributed by atoms with Crippen LogP contribution in [0.5, 0.6) is 5.75 Å². The number of piperazine rings is 1. The molecular weight excluding hydrogens is 552 g/mol. The molecule has 1 N–H and O–H groups in total. The highest BCUT2D eigenvalue weighted by Gasteiger charge is 2.43. The molecule has 12 heteroatoms. The minimum atomic E-state index is -4.10. The van der Waals surface area contributed by atoms with Gasteiger partial charge >= 0.3 is 0 Å². The first-order chi connectivity index (χ1) is 19.2. The standard InChI is InChI=1S/C28H32N4O6S2/c1-2-3-20-38-24-16-14-23(15-17-24)21-29-30-28(33)27-22-31(39(34,35)25-10-6-4-7-11-25)18-19-32(27)40(36,37)26-12-8-5-9-13-26/h4-17,21,27H,2-3,18-20,22H2,1H3,(H,30,33)/b29-21-/t27-/m0/s1. The van der Waals surface area contributed by atoms with E-state index in [9.17, 15) is 21.6 Å². The summed E-state index contributed by atoms with van der Waals surface area (Å²) >= 11 is 0. The molecule has 3 aromatic carbocycles. The van der Waals surface area contributed by atoms with E-state index in [4.69, 9.17) is 4.74 Å². The Balaban J connectivity index is 1.53. The number of hydrazone groups is 1. The Morgan fingerprint density at radius 3 is 2.10 bits per heavy atom. The molecule has 1 heterocycles. The summed E-state index contributed by atoms with van der Waals surface area (Å²) in [4.78, 5) is 13.4. The van der Waals surface area contributed by atoms with Gasteiger partial charge in [-0.1, -0.05) is 49.7 Å². The number of sulfonamides is 2. The number of hydrogen-bond acceptors (Lipinski definition) is 7. The molecule has 212 valence electrons. The highest BCUT2D eigenvalue weighted by Crippen LogP contribution is 2.25. The third-order valence-corrected chi connectivity index (χ3v) is 10.2. The lowest BCUT2D eigenvalue weighted by molar-refractivity contribution is -0.125. The highest BCUT2D eigenvalue weighted by atomic mass is 32.2. The molecule has 1 aliphatic heterocycles. The van der Waals surface area contributed by atoms with Gasteiger partial charge in [-0.3, -0.25) is 4.79 Å². The van der Waals surface area contributed by atoms with E-state index in [1.165, 1.54) is 30.5 Å². The molecule has 1 saturated heterocycles. The number of amides is 1. The van der Waals surface area contributed by atoms with Crippen molar-refractivity contribution in [2.45, 2.75) is 35.6 Å². The molecule has 0 unspecified atom stereocenters. The molecule has 0 saturated carbocycles. The molecule has 0 aliphatic carbocycles. The van der Waals surface area contributed by atoms with Crippen molar-refractivity contribution < 1.29 is 26.4 Å². The van der Waals surface area contributed by atoms with E-state index < -0.39 is 32.0 Å². The summed E-state index contributed by atoms with van der Waals surface area (Å²) in [6.45, 7) is 2.03. The maximum atomic E-state index is 13.5. The van der Waals surface area contributed by atoms with Crippen LogP contribution in [0.4, 0.5) is 0 Å². The number of carbonyl (C=O) groups is 1. The molecule has 0 radical (unpaired) electrons. The van der Waals surface area contributed by atoms with Crippen molar-refractivity contribution in [3.8, 4) is 5.75 Å². The van der Waals surface area contributed by atoms with Gasteiger partial charge < -0.3 is 4.74 Å². The number of nitrogens with zero attached hydrogens (tertiary/aromatic N) is 3. The first-order valence-electron chi connectivity index (χ1n) is 12.9. The van der Waals surface area contributed by atoms with Crippen LogP contribution < -0.4 is 10.2 Å². The van der Waals surface area contributed by atoms with Gasteiger partial charge in [-0.25, -0.2) is 22.3 Å². The molecular formula is C28H32N4O6S2. The van der Waals surface area contributed by atoms with Crippen LogP contribution in [0.25, 0.3) is 0 Å². The molecule has 1 aliphatic rings. The fourth-order valence-electron chi connectivity index (χ4n) is 4.16. The summed E-state index contributed by atoms with van der Waals surface area (Å²) in [7, 11) is -8.05. The van der Waals surface area contributed by atoms with Crippen molar-refractivity contribution in [1.82, 2.24) is 14.0 Å². The fourth-order valence-corrected chi connectivity index (χ4v) is 7.21. The van der Waals surface area contributed by atoms with Crippen molar-refractivity contribution in [2.24, 2.45) is 5.10 Å². The van der Waals surface area contributed by atoms with Crippen molar-refractivity contribution in [2.75, 3.05) is 26.2 Å². The Morgan fingerprint density at radius 1 is 0.900 bits per heavy atom. The topological polar surface area (TPSA) is 125 Å². The fraction of sp³-hybridized carbons (Fsp3) is 0.286. The van der Waals surface area contributed by atoms with Crippen molar-refractivity contribution in [3.63, 3.8) is 0 Å². The molecule has 4 rings (SSSR count). The maximum absolute atomic E-state index is 13.5. The third kappa shape index (κ3) is 6.94. The minimum Gasteiger partial charge on any atom is -0.494 e. The highest BCUT2D eigenvalue weighted by molar-refractivity contribution is 7.89. The summed E-state index contributed by atoms with van der Waals surface area (Å²) in [6, 6.07) is 21.3. The van der Waals surface area contributed by atoms with E-state index in [-0.39, 0.29) is 29.4 Å². The van der Waals surface area contributed by atoms with Gasteiger partial charge in [0.25, 0.3) is 5.91 Å². The van der Waals surface area contributed by atoms with Crippen LogP contribution in [0.1, 0.15) is 25.3 Å². The van der Waals surface area contributed by atoms with E-state index in [0.29, 0.717) is 12.2 Å². The van der Waals surface area contributed by atoms with Crippen LogP contribution in [0.3, 0.4) is 0 Å². The zero-order valence-corrected chi connectivity index (χ0v) is 23.7. The SMILES string of the molecule is CCCCOc1ccc(/C=N\NC(=O)[C@@H]2CN(S(=O)(=O)c3ccccc3)CCN2S(=O)(=O)c2ccccc2)cc1. The molecule has 0 bridgehead atoms. The van der Waals surface area contributed by atoms with Crippen LogP contribution in [0, 0.1) is 0 Å². The predicted molar refractivity (Wildman–Crippen MR) is 152 cm³/mol. The van der Waals surface area contributed by atoms with E-state index in [2.05, 4.69) is 17.5 Å². The van der Waals surface area contributed by atoms with Crippen molar-refractivity contribution >= 4 is 32.2 Å². The summed E-state index contributed by atoms with van der Waals surface area (Å²) in [5.74, 6) is -0.0263. The molecule has 0 spiro atoms. The minimum absolute atomic E-state index is 0.0110. The molecule has 1 fully saturated rings. The largest absolute Gasteiger partial charge is 0.494 e. The number of nitrogens with one attached hydrogen (secondary N) is 1. The van der Waals surface area contributed by atoms with Gasteiger partial charge in [0.15, 0.2) is 0 Å². The smallest absolute Gasteiger partial charge is 0.259 e. The number of unbranched alkanes of at least 4 members (excludes halogenated alkanes) is 1. The van der Waals surface area contributed by atoms with Gasteiger partial charge in [-0.05, 0) is 60.5 Å². The average Bonchev–Trinajstić information content (AvgIpc) is 2.98. The van der Waals surface area contributed by atoms with Gasteiger partial charge in [0.2, 0.25) is 20.0 Å². The second-order valence-corrected chi connectivity index (χ2v) is 13.0. The number of carbonyl (C=O) groups excluding carboxylic acids is 1. The van der Waals surface area contributed by atoms with Crippen LogP contribution in [0.15, 0.2) is 99.8 Å². The van der Waals surface area contributed by atoms with Crippen LogP contribution in [-0.4, -0.2) is 69.9 Å². The normalized spacial score (nSPS) is 17.1. The van der Waals surface area contributed by atoms with Crippen LogP contribution in [0.2, 0.25) is 0 Å².